The Balaban J connectivity index is 1.65. The van der Waals surface area contributed by atoms with Crippen molar-refractivity contribution >= 4 is 28.2 Å². The number of aliphatic hydroxyl groups is 1. The fourth-order valence-electron chi connectivity index (χ4n) is 2.75. The molecule has 7 heteroatoms. The molecule has 0 radical (unpaired) electrons. The zero-order valence-corrected chi connectivity index (χ0v) is 14.0. The van der Waals surface area contributed by atoms with Gasteiger partial charge in [-0.3, -0.25) is 4.90 Å². The van der Waals surface area contributed by atoms with Gasteiger partial charge < -0.3 is 15.2 Å². The molecule has 0 atom stereocenters. The number of anilines is 2. The number of benzene rings is 2. The highest BCUT2D eigenvalue weighted by molar-refractivity contribution is 7.14. The molecule has 0 fully saturated rings. The van der Waals surface area contributed by atoms with Crippen LogP contribution < -0.4 is 15.0 Å². The number of urea groups is 1. The first-order valence-corrected chi connectivity index (χ1v) is 8.59. The summed E-state index contributed by atoms with van der Waals surface area (Å²) < 4.78 is 5.24. The monoisotopic (exact) mass is 353 g/mol. The largest absolute Gasteiger partial charge is 0.467 e. The Labute approximate surface area is 148 Å². The quantitative estimate of drug-likeness (QED) is 0.702. The summed E-state index contributed by atoms with van der Waals surface area (Å²) >= 11 is 1.39. The minimum absolute atomic E-state index is 0.195. The highest BCUT2D eigenvalue weighted by Crippen LogP contribution is 2.35. The number of nitrogens with zero attached hydrogens (tertiary/aromatic N) is 2. The summed E-state index contributed by atoms with van der Waals surface area (Å²) in [6.45, 7) is 0.0725. The minimum Gasteiger partial charge on any atom is -0.467 e. The SMILES string of the molecule is O=C1Nc2ccccc2CN1c1nc(-c2ccccc2OCO)cs1. The van der Waals surface area contributed by atoms with E-state index in [2.05, 4.69) is 10.3 Å². The van der Waals surface area contributed by atoms with Crippen LogP contribution in [0.15, 0.2) is 53.9 Å². The maximum Gasteiger partial charge on any atom is 0.328 e. The van der Waals surface area contributed by atoms with Gasteiger partial charge in [0.15, 0.2) is 11.9 Å². The average molecular weight is 353 g/mol. The number of thiazole rings is 1. The predicted octanol–water partition coefficient (Wildman–Crippen LogP) is 3.69. The smallest absolute Gasteiger partial charge is 0.328 e. The van der Waals surface area contributed by atoms with E-state index in [0.29, 0.717) is 23.1 Å². The van der Waals surface area contributed by atoms with Crippen LogP contribution in [0.5, 0.6) is 5.75 Å². The number of aliphatic hydroxyl groups excluding tert-OH is 1. The topological polar surface area (TPSA) is 74.7 Å². The number of carbonyl (C=O) groups is 1. The lowest BCUT2D eigenvalue weighted by atomic mass is 10.1. The number of nitrogens with one attached hydrogen (secondary N) is 1. The number of para-hydroxylation sites is 2. The van der Waals surface area contributed by atoms with E-state index >= 15 is 0 Å². The average Bonchev–Trinajstić information content (AvgIpc) is 3.11. The van der Waals surface area contributed by atoms with Gasteiger partial charge >= 0.3 is 6.03 Å². The molecule has 2 heterocycles. The highest BCUT2D eigenvalue weighted by Gasteiger charge is 2.26. The van der Waals surface area contributed by atoms with E-state index in [9.17, 15) is 4.79 Å². The maximum absolute atomic E-state index is 12.4. The van der Waals surface area contributed by atoms with E-state index in [1.807, 2.05) is 47.8 Å². The molecule has 2 N–H and O–H groups in total. The summed E-state index contributed by atoms with van der Waals surface area (Å²) in [5.41, 5.74) is 3.36. The number of hydrogen-bond acceptors (Lipinski definition) is 5. The summed E-state index contributed by atoms with van der Waals surface area (Å²) in [6.07, 6.45) is 0. The van der Waals surface area contributed by atoms with Gasteiger partial charge in [0.1, 0.15) is 5.75 Å². The molecule has 2 aromatic carbocycles. The summed E-state index contributed by atoms with van der Waals surface area (Å²) in [5.74, 6) is 0.551. The van der Waals surface area contributed by atoms with Crippen molar-refractivity contribution in [1.29, 1.82) is 0 Å². The number of carbonyl (C=O) groups excluding carboxylic acids is 1. The first-order valence-electron chi connectivity index (χ1n) is 7.71. The molecule has 0 unspecified atom stereocenters. The molecule has 0 saturated heterocycles. The number of ether oxygens (including phenoxy) is 1. The van der Waals surface area contributed by atoms with Gasteiger partial charge in [-0.1, -0.05) is 30.3 Å². The van der Waals surface area contributed by atoms with Gasteiger partial charge in [0.25, 0.3) is 0 Å². The third kappa shape index (κ3) is 2.95. The van der Waals surface area contributed by atoms with Gasteiger partial charge in [-0.25, -0.2) is 9.78 Å². The van der Waals surface area contributed by atoms with Gasteiger partial charge in [0.05, 0.1) is 12.2 Å². The van der Waals surface area contributed by atoms with Crippen molar-refractivity contribution in [2.24, 2.45) is 0 Å². The Morgan fingerprint density at radius 3 is 2.88 bits per heavy atom. The third-order valence-corrected chi connectivity index (χ3v) is 4.80. The summed E-state index contributed by atoms with van der Waals surface area (Å²) in [7, 11) is 0. The van der Waals surface area contributed by atoms with Crippen LogP contribution in [0.2, 0.25) is 0 Å². The minimum atomic E-state index is -0.403. The van der Waals surface area contributed by atoms with Crippen LogP contribution in [0.3, 0.4) is 0 Å². The van der Waals surface area contributed by atoms with E-state index in [0.717, 1.165) is 16.8 Å². The van der Waals surface area contributed by atoms with Crippen molar-refractivity contribution < 1.29 is 14.6 Å². The lowest BCUT2D eigenvalue weighted by Crippen LogP contribution is -2.38. The van der Waals surface area contributed by atoms with Crippen LogP contribution in [-0.2, 0) is 6.54 Å². The normalized spacial score (nSPS) is 13.3. The first-order chi connectivity index (χ1) is 12.3. The second-order valence-electron chi connectivity index (χ2n) is 5.46. The highest BCUT2D eigenvalue weighted by atomic mass is 32.1. The molecular weight excluding hydrogens is 338 g/mol. The fraction of sp³-hybridized carbons (Fsp3) is 0.111. The number of rotatable bonds is 4. The Morgan fingerprint density at radius 2 is 2.00 bits per heavy atom. The van der Waals surface area contributed by atoms with Crippen LogP contribution in [-0.4, -0.2) is 22.9 Å². The van der Waals surface area contributed by atoms with Crippen molar-refractivity contribution in [3.8, 4) is 17.0 Å². The zero-order chi connectivity index (χ0) is 17.2. The van der Waals surface area contributed by atoms with Crippen molar-refractivity contribution in [2.45, 2.75) is 6.54 Å². The second-order valence-corrected chi connectivity index (χ2v) is 6.29. The lowest BCUT2D eigenvalue weighted by molar-refractivity contribution is 0.0990. The lowest BCUT2D eigenvalue weighted by Gasteiger charge is -2.27. The van der Waals surface area contributed by atoms with E-state index < -0.39 is 6.79 Å². The van der Waals surface area contributed by atoms with Crippen LogP contribution in [0.25, 0.3) is 11.3 Å². The van der Waals surface area contributed by atoms with Crippen LogP contribution in [0, 0.1) is 0 Å². The molecule has 3 aromatic rings. The third-order valence-electron chi connectivity index (χ3n) is 3.94. The Kier molecular flexibility index (Phi) is 4.09. The standard InChI is InChI=1S/C18H15N3O3S/c22-11-24-16-8-4-2-6-13(16)15-10-25-18(20-15)21-9-12-5-1-3-7-14(12)19-17(21)23/h1-8,10,22H,9,11H2,(H,19,23). The van der Waals surface area contributed by atoms with E-state index in [1.165, 1.54) is 11.3 Å². The van der Waals surface area contributed by atoms with Crippen molar-refractivity contribution in [2.75, 3.05) is 17.0 Å². The molecule has 0 spiro atoms. The molecule has 4 rings (SSSR count). The Hall–Kier alpha value is -2.90. The molecule has 0 aliphatic carbocycles. The van der Waals surface area contributed by atoms with E-state index in [1.54, 1.807) is 11.0 Å². The summed E-state index contributed by atoms with van der Waals surface area (Å²) in [5, 5.41) is 14.4. The van der Waals surface area contributed by atoms with Gasteiger partial charge in [0, 0.05) is 16.6 Å². The predicted molar refractivity (Wildman–Crippen MR) is 96.9 cm³/mol. The fourth-order valence-corrected chi connectivity index (χ4v) is 3.57. The first kappa shape index (κ1) is 15.6. The van der Waals surface area contributed by atoms with Crippen molar-refractivity contribution in [3.63, 3.8) is 0 Å². The number of fused-ring (bicyclic) bond motifs is 1. The number of hydrogen-bond donors (Lipinski definition) is 2. The van der Waals surface area contributed by atoms with Crippen LogP contribution in [0.1, 0.15) is 5.56 Å². The molecule has 1 aliphatic heterocycles. The second kappa shape index (κ2) is 6.54. The molecule has 2 amide bonds. The van der Waals surface area contributed by atoms with Crippen LogP contribution >= 0.6 is 11.3 Å². The molecule has 6 nitrogen and oxygen atoms in total. The van der Waals surface area contributed by atoms with E-state index in [-0.39, 0.29) is 6.03 Å². The van der Waals surface area contributed by atoms with Crippen molar-refractivity contribution in [3.05, 3.63) is 59.5 Å². The molecule has 1 aliphatic rings. The summed E-state index contributed by atoms with van der Waals surface area (Å²) in [4.78, 5) is 18.6. The van der Waals surface area contributed by atoms with Crippen LogP contribution in [0.4, 0.5) is 15.6 Å². The molecule has 126 valence electrons. The maximum atomic E-state index is 12.4. The summed E-state index contributed by atoms with van der Waals surface area (Å²) in [6, 6.07) is 14.9. The number of amides is 2. The molecule has 1 aromatic heterocycles. The van der Waals surface area contributed by atoms with E-state index in [4.69, 9.17) is 9.84 Å². The van der Waals surface area contributed by atoms with Gasteiger partial charge in [-0.05, 0) is 23.8 Å². The van der Waals surface area contributed by atoms with Gasteiger partial charge in [-0.15, -0.1) is 11.3 Å². The van der Waals surface area contributed by atoms with Gasteiger partial charge in [-0.2, -0.15) is 0 Å². The van der Waals surface area contributed by atoms with Crippen molar-refractivity contribution in [1.82, 2.24) is 4.98 Å². The molecular formula is C18H15N3O3S. The molecule has 25 heavy (non-hydrogen) atoms. The number of aromatic nitrogens is 1. The zero-order valence-electron chi connectivity index (χ0n) is 13.2. The van der Waals surface area contributed by atoms with Gasteiger partial charge in [0.2, 0.25) is 0 Å². The Bertz CT molecular complexity index is 925. The molecule has 0 bridgehead atoms. The Morgan fingerprint density at radius 1 is 1.20 bits per heavy atom. The molecule has 0 saturated carbocycles.